The molecule has 10 heteroatoms. The highest BCUT2D eigenvalue weighted by atomic mass is 32.2. The van der Waals surface area contributed by atoms with Gasteiger partial charge < -0.3 is 19.7 Å². The van der Waals surface area contributed by atoms with Crippen LogP contribution < -0.4 is 14.8 Å². The van der Waals surface area contributed by atoms with E-state index < -0.39 is 10.0 Å². The summed E-state index contributed by atoms with van der Waals surface area (Å²) in [7, 11) is -3.59. The quantitative estimate of drug-likeness (QED) is 0.613. The van der Waals surface area contributed by atoms with Gasteiger partial charge in [0.25, 0.3) is 0 Å². The topological polar surface area (TPSA) is 88.2 Å². The third-order valence-corrected chi connectivity index (χ3v) is 8.31. The number of sulfonamides is 1. The Kier molecular flexibility index (Phi) is 7.24. The molecule has 4 rings (SSSR count). The first kappa shape index (κ1) is 22.9. The van der Waals surface area contributed by atoms with Gasteiger partial charge >= 0.3 is 0 Å². The van der Waals surface area contributed by atoms with Crippen LogP contribution in [-0.2, 0) is 14.8 Å². The van der Waals surface area contributed by atoms with Gasteiger partial charge in [-0.05, 0) is 42.9 Å². The van der Waals surface area contributed by atoms with Gasteiger partial charge in [0.15, 0.2) is 11.5 Å². The fourth-order valence-corrected chi connectivity index (χ4v) is 5.82. The fraction of sp³-hybridized carbons (Fsp3) is 0.409. The Morgan fingerprint density at radius 1 is 1.03 bits per heavy atom. The lowest BCUT2D eigenvalue weighted by atomic mass is 10.3. The van der Waals surface area contributed by atoms with Crippen molar-refractivity contribution in [1.82, 2.24) is 9.21 Å². The molecule has 32 heavy (non-hydrogen) atoms. The number of rotatable bonds is 7. The number of hydrogen-bond acceptors (Lipinski definition) is 7. The summed E-state index contributed by atoms with van der Waals surface area (Å²) in [6.45, 7) is 6.42. The van der Waals surface area contributed by atoms with E-state index in [1.165, 1.54) is 22.1 Å². The van der Waals surface area contributed by atoms with Crippen LogP contribution in [0.4, 0.5) is 5.69 Å². The van der Waals surface area contributed by atoms with Crippen LogP contribution >= 0.6 is 11.8 Å². The molecule has 0 unspecified atom stereocenters. The number of nitrogens with zero attached hydrogens (tertiary/aromatic N) is 2. The van der Waals surface area contributed by atoms with Crippen molar-refractivity contribution in [2.24, 2.45) is 0 Å². The average Bonchev–Trinajstić information content (AvgIpc) is 2.83. The van der Waals surface area contributed by atoms with E-state index in [9.17, 15) is 13.2 Å². The minimum absolute atomic E-state index is 0.190. The first-order valence-electron chi connectivity index (χ1n) is 10.6. The highest BCUT2D eigenvalue weighted by molar-refractivity contribution is 8.00. The van der Waals surface area contributed by atoms with Gasteiger partial charge in [-0.25, -0.2) is 8.42 Å². The van der Waals surface area contributed by atoms with Crippen molar-refractivity contribution >= 4 is 33.4 Å². The number of carbonyl (C=O) groups is 1. The van der Waals surface area contributed by atoms with Crippen LogP contribution in [-0.4, -0.2) is 75.2 Å². The molecule has 0 radical (unpaired) electrons. The summed E-state index contributed by atoms with van der Waals surface area (Å²) in [4.78, 5) is 15.8. The second-order valence-electron chi connectivity index (χ2n) is 7.51. The number of piperazine rings is 1. The maximum Gasteiger partial charge on any atom is 0.243 e. The Balaban J connectivity index is 1.35. The van der Waals surface area contributed by atoms with Crippen LogP contribution in [0, 0.1) is 0 Å². The number of carbonyl (C=O) groups excluding carboxylic acids is 1. The number of hydrogen-bond donors (Lipinski definition) is 1. The highest BCUT2D eigenvalue weighted by Gasteiger charge is 2.28. The molecule has 0 saturated carbocycles. The molecule has 172 valence electrons. The van der Waals surface area contributed by atoms with Gasteiger partial charge in [0, 0.05) is 36.8 Å². The predicted molar refractivity (Wildman–Crippen MR) is 124 cm³/mol. The number of nitrogens with one attached hydrogen (secondary N) is 1. The van der Waals surface area contributed by atoms with Gasteiger partial charge in [-0.15, -0.1) is 11.8 Å². The molecule has 8 nitrogen and oxygen atoms in total. The Morgan fingerprint density at radius 3 is 2.53 bits per heavy atom. The normalized spacial score (nSPS) is 17.2. The van der Waals surface area contributed by atoms with E-state index in [-0.39, 0.29) is 16.6 Å². The lowest BCUT2D eigenvalue weighted by Crippen LogP contribution is -2.48. The molecule has 0 aromatic heterocycles. The van der Waals surface area contributed by atoms with Crippen LogP contribution in [0.5, 0.6) is 11.5 Å². The van der Waals surface area contributed by atoms with Crippen molar-refractivity contribution in [3.05, 3.63) is 42.5 Å². The summed E-state index contributed by atoms with van der Waals surface area (Å²) in [6, 6.07) is 12.0. The van der Waals surface area contributed by atoms with Crippen LogP contribution in [0.25, 0.3) is 0 Å². The Bertz CT molecular complexity index is 1070. The first-order valence-corrected chi connectivity index (χ1v) is 13.0. The lowest BCUT2D eigenvalue weighted by Gasteiger charge is -2.33. The van der Waals surface area contributed by atoms with Crippen LogP contribution in [0.15, 0.2) is 52.3 Å². The molecule has 0 bridgehead atoms. The summed E-state index contributed by atoms with van der Waals surface area (Å²) >= 11 is 1.38. The Labute approximate surface area is 192 Å². The zero-order valence-corrected chi connectivity index (χ0v) is 19.6. The standard InChI is InChI=1S/C22H27N3O5S2/c1-2-24-8-10-25(11-9-24)32(27,28)19-5-3-4-17(14-19)23-22(26)16-31-18-6-7-20-21(15-18)30-13-12-29-20/h3-7,14-15H,2,8-13,16H2,1H3,(H,23,26). The molecule has 0 atom stereocenters. The third kappa shape index (κ3) is 5.37. The first-order chi connectivity index (χ1) is 15.5. The van der Waals surface area contributed by atoms with E-state index in [2.05, 4.69) is 17.1 Å². The van der Waals surface area contributed by atoms with Crippen molar-refractivity contribution in [2.75, 3.05) is 57.0 Å². The van der Waals surface area contributed by atoms with Gasteiger partial charge in [-0.2, -0.15) is 4.31 Å². The minimum atomic E-state index is -3.59. The maximum atomic E-state index is 13.0. The maximum absolute atomic E-state index is 13.0. The molecule has 2 aromatic rings. The molecule has 0 spiro atoms. The van der Waals surface area contributed by atoms with E-state index >= 15 is 0 Å². The molecule has 1 fully saturated rings. The molecule has 2 aliphatic rings. The monoisotopic (exact) mass is 477 g/mol. The number of ether oxygens (including phenoxy) is 2. The van der Waals surface area contributed by atoms with Crippen LogP contribution in [0.3, 0.4) is 0 Å². The fourth-order valence-electron chi connectivity index (χ4n) is 3.63. The second-order valence-corrected chi connectivity index (χ2v) is 10.5. The number of fused-ring (bicyclic) bond motifs is 1. The number of amides is 1. The van der Waals surface area contributed by atoms with Crippen LogP contribution in [0.2, 0.25) is 0 Å². The van der Waals surface area contributed by atoms with E-state index in [1.54, 1.807) is 18.2 Å². The Hall–Kier alpha value is -2.27. The van der Waals surface area contributed by atoms with Gasteiger partial charge in [0.05, 0.1) is 10.6 Å². The van der Waals surface area contributed by atoms with E-state index in [4.69, 9.17) is 9.47 Å². The van der Waals surface area contributed by atoms with Gasteiger partial charge in [0.1, 0.15) is 13.2 Å². The predicted octanol–water partition coefficient (Wildman–Crippen LogP) is 2.51. The number of thioether (sulfide) groups is 1. The molecular formula is C22H27N3O5S2. The van der Waals surface area contributed by atoms with E-state index in [1.807, 2.05) is 18.2 Å². The second kappa shape index (κ2) is 10.1. The van der Waals surface area contributed by atoms with Crippen molar-refractivity contribution in [3.63, 3.8) is 0 Å². The molecule has 1 saturated heterocycles. The average molecular weight is 478 g/mol. The van der Waals surface area contributed by atoms with Crippen molar-refractivity contribution in [2.45, 2.75) is 16.7 Å². The lowest BCUT2D eigenvalue weighted by molar-refractivity contribution is -0.113. The summed E-state index contributed by atoms with van der Waals surface area (Å²) in [6.07, 6.45) is 0. The smallest absolute Gasteiger partial charge is 0.243 e. The van der Waals surface area contributed by atoms with Gasteiger partial charge in [-0.3, -0.25) is 4.79 Å². The number of likely N-dealkylation sites (N-methyl/N-ethyl adjacent to an activating group) is 1. The third-order valence-electron chi connectivity index (χ3n) is 5.42. The van der Waals surface area contributed by atoms with E-state index in [0.29, 0.717) is 43.5 Å². The molecule has 1 amide bonds. The molecule has 1 N–H and O–H groups in total. The minimum Gasteiger partial charge on any atom is -0.486 e. The van der Waals surface area contributed by atoms with Crippen molar-refractivity contribution in [1.29, 1.82) is 0 Å². The largest absolute Gasteiger partial charge is 0.486 e. The summed E-state index contributed by atoms with van der Waals surface area (Å²) < 4.78 is 38.6. The zero-order chi connectivity index (χ0) is 22.6. The molecule has 2 heterocycles. The summed E-state index contributed by atoms with van der Waals surface area (Å²) in [5.74, 6) is 1.37. The number of anilines is 1. The van der Waals surface area contributed by atoms with Crippen molar-refractivity contribution < 1.29 is 22.7 Å². The molecule has 2 aliphatic heterocycles. The summed E-state index contributed by atoms with van der Waals surface area (Å²) in [5.41, 5.74) is 0.464. The SMILES string of the molecule is CCN1CCN(S(=O)(=O)c2cccc(NC(=O)CSc3ccc4c(c3)OCCO4)c2)CC1. The van der Waals surface area contributed by atoms with Crippen LogP contribution in [0.1, 0.15) is 6.92 Å². The molecular weight excluding hydrogens is 450 g/mol. The zero-order valence-electron chi connectivity index (χ0n) is 18.0. The molecule has 2 aromatic carbocycles. The Morgan fingerprint density at radius 2 is 1.78 bits per heavy atom. The highest BCUT2D eigenvalue weighted by Crippen LogP contribution is 2.34. The summed E-state index contributed by atoms with van der Waals surface area (Å²) in [5, 5.41) is 2.80. The van der Waals surface area contributed by atoms with E-state index in [0.717, 1.165) is 24.5 Å². The van der Waals surface area contributed by atoms with Gasteiger partial charge in [-0.1, -0.05) is 13.0 Å². The van der Waals surface area contributed by atoms with Crippen molar-refractivity contribution in [3.8, 4) is 11.5 Å². The molecule has 0 aliphatic carbocycles. The number of benzene rings is 2. The van der Waals surface area contributed by atoms with Gasteiger partial charge in [0.2, 0.25) is 15.9 Å².